The number of hydrogen-bond donors (Lipinski definition) is 1. The van der Waals surface area contributed by atoms with Crippen LogP contribution in [-0.4, -0.2) is 6.54 Å². The van der Waals surface area contributed by atoms with E-state index >= 15 is 0 Å². The molecule has 0 saturated carbocycles. The Labute approximate surface area is 61.1 Å². The first-order valence-corrected chi connectivity index (χ1v) is 3.76. The summed E-state index contributed by atoms with van der Waals surface area (Å²) in [5.74, 6) is 0. The summed E-state index contributed by atoms with van der Waals surface area (Å²) in [6.45, 7) is 1.10. The minimum atomic E-state index is 1.10. The van der Waals surface area contributed by atoms with Crippen LogP contribution in [0, 0.1) is 0 Å². The molecule has 0 atom stereocenters. The van der Waals surface area contributed by atoms with Crippen molar-refractivity contribution in [3.8, 4) is 0 Å². The van der Waals surface area contributed by atoms with Crippen molar-refractivity contribution in [3.05, 3.63) is 35.6 Å². The number of rotatable bonds is 0. The lowest BCUT2D eigenvalue weighted by molar-refractivity contribution is 0.790. The molecule has 0 spiro atoms. The molecule has 10 heavy (non-hydrogen) atoms. The number of allylic oxidation sites excluding steroid dienone is 4. The molecule has 52 valence electrons. The highest BCUT2D eigenvalue weighted by molar-refractivity contribution is 5.44. The smallest absolute Gasteiger partial charge is 0.0182 e. The SMILES string of the molecule is C1=CC2=CNCCC2=CC1. The van der Waals surface area contributed by atoms with Gasteiger partial charge in [-0.05, 0) is 24.0 Å². The van der Waals surface area contributed by atoms with Crippen LogP contribution in [-0.2, 0) is 0 Å². The minimum absolute atomic E-state index is 1.10. The summed E-state index contributed by atoms with van der Waals surface area (Å²) in [5, 5.41) is 3.23. The zero-order valence-corrected chi connectivity index (χ0v) is 5.93. The highest BCUT2D eigenvalue weighted by Gasteiger charge is 2.07. The van der Waals surface area contributed by atoms with Crippen molar-refractivity contribution in [2.75, 3.05) is 6.54 Å². The Bertz CT molecular complexity index is 221. The molecule has 0 fully saturated rings. The van der Waals surface area contributed by atoms with Gasteiger partial charge < -0.3 is 5.32 Å². The van der Waals surface area contributed by atoms with Crippen molar-refractivity contribution in [3.63, 3.8) is 0 Å². The van der Waals surface area contributed by atoms with Crippen molar-refractivity contribution in [1.29, 1.82) is 0 Å². The van der Waals surface area contributed by atoms with Gasteiger partial charge in [0.2, 0.25) is 0 Å². The molecule has 0 amide bonds. The maximum absolute atomic E-state index is 3.23. The van der Waals surface area contributed by atoms with E-state index in [2.05, 4.69) is 29.7 Å². The van der Waals surface area contributed by atoms with Crippen molar-refractivity contribution in [1.82, 2.24) is 5.32 Å². The van der Waals surface area contributed by atoms with Gasteiger partial charge in [-0.1, -0.05) is 18.2 Å². The van der Waals surface area contributed by atoms with Crippen LogP contribution in [0.4, 0.5) is 0 Å². The van der Waals surface area contributed by atoms with Gasteiger partial charge in [-0.2, -0.15) is 0 Å². The molecule has 1 heteroatoms. The van der Waals surface area contributed by atoms with Crippen LogP contribution in [0.15, 0.2) is 35.6 Å². The number of fused-ring (bicyclic) bond motifs is 1. The lowest BCUT2D eigenvalue weighted by Gasteiger charge is -2.17. The Morgan fingerprint density at radius 1 is 1.40 bits per heavy atom. The summed E-state index contributed by atoms with van der Waals surface area (Å²) in [6, 6.07) is 0. The van der Waals surface area contributed by atoms with E-state index in [4.69, 9.17) is 0 Å². The largest absolute Gasteiger partial charge is 0.390 e. The van der Waals surface area contributed by atoms with Crippen LogP contribution < -0.4 is 5.32 Å². The van der Waals surface area contributed by atoms with Gasteiger partial charge >= 0.3 is 0 Å². The molecule has 2 rings (SSSR count). The minimum Gasteiger partial charge on any atom is -0.390 e. The second-order valence-electron chi connectivity index (χ2n) is 2.67. The van der Waals surface area contributed by atoms with Gasteiger partial charge in [-0.25, -0.2) is 0 Å². The molecule has 1 N–H and O–H groups in total. The zero-order valence-electron chi connectivity index (χ0n) is 5.93. The van der Waals surface area contributed by atoms with E-state index in [-0.39, 0.29) is 0 Å². The van der Waals surface area contributed by atoms with E-state index in [1.807, 2.05) is 0 Å². The molecule has 2 aliphatic rings. The fourth-order valence-corrected chi connectivity index (χ4v) is 1.41. The fraction of sp³-hybridized carbons (Fsp3) is 0.333. The number of nitrogens with one attached hydrogen (secondary N) is 1. The summed E-state index contributed by atoms with van der Waals surface area (Å²) in [7, 11) is 0. The van der Waals surface area contributed by atoms with Crippen LogP contribution in [0.1, 0.15) is 12.8 Å². The summed E-state index contributed by atoms with van der Waals surface area (Å²) in [4.78, 5) is 0. The standard InChI is InChI=1S/C9H11N/c1-2-4-9-7-10-6-5-8(9)3-1/h2-4,7,10H,1,5-6H2. The second kappa shape index (κ2) is 2.33. The monoisotopic (exact) mass is 133 g/mol. The molecule has 1 nitrogen and oxygen atoms in total. The highest BCUT2D eigenvalue weighted by Crippen LogP contribution is 2.22. The van der Waals surface area contributed by atoms with E-state index in [1.165, 1.54) is 17.6 Å². The predicted octanol–water partition coefficient (Wildman–Crippen LogP) is 1.75. The molecule has 0 saturated heterocycles. The van der Waals surface area contributed by atoms with Gasteiger partial charge in [0.1, 0.15) is 0 Å². The zero-order chi connectivity index (χ0) is 6.81. The van der Waals surface area contributed by atoms with Crippen molar-refractivity contribution in [2.45, 2.75) is 12.8 Å². The molecule has 1 heterocycles. The molecule has 0 aromatic heterocycles. The Hall–Kier alpha value is -0.980. The molecule has 0 aromatic carbocycles. The fourth-order valence-electron chi connectivity index (χ4n) is 1.41. The van der Waals surface area contributed by atoms with Crippen molar-refractivity contribution in [2.24, 2.45) is 0 Å². The topological polar surface area (TPSA) is 12.0 Å². The summed E-state index contributed by atoms with van der Waals surface area (Å²) < 4.78 is 0. The lowest BCUT2D eigenvalue weighted by Crippen LogP contribution is -2.15. The van der Waals surface area contributed by atoms with Gasteiger partial charge in [0.05, 0.1) is 0 Å². The first kappa shape index (κ1) is 5.78. The molecular weight excluding hydrogens is 122 g/mol. The maximum atomic E-state index is 3.23. The quantitative estimate of drug-likeness (QED) is 0.531. The normalized spacial score (nSPS) is 22.4. The Morgan fingerprint density at radius 3 is 3.30 bits per heavy atom. The van der Waals surface area contributed by atoms with E-state index in [0.717, 1.165) is 13.0 Å². The third kappa shape index (κ3) is 0.878. The average molecular weight is 133 g/mol. The molecule has 0 unspecified atom stereocenters. The van der Waals surface area contributed by atoms with E-state index in [0.29, 0.717) is 0 Å². The predicted molar refractivity (Wildman–Crippen MR) is 42.5 cm³/mol. The Balaban J connectivity index is 2.32. The van der Waals surface area contributed by atoms with Gasteiger partial charge in [0, 0.05) is 12.7 Å². The van der Waals surface area contributed by atoms with Crippen LogP contribution in [0.3, 0.4) is 0 Å². The number of hydrogen-bond acceptors (Lipinski definition) is 1. The molecule has 0 radical (unpaired) electrons. The van der Waals surface area contributed by atoms with Gasteiger partial charge in [-0.3, -0.25) is 0 Å². The maximum Gasteiger partial charge on any atom is 0.0182 e. The lowest BCUT2D eigenvalue weighted by atomic mass is 9.96. The molecular formula is C9H11N. The molecule has 0 bridgehead atoms. The third-order valence-electron chi connectivity index (χ3n) is 1.96. The summed E-state index contributed by atoms with van der Waals surface area (Å²) in [5.41, 5.74) is 2.89. The van der Waals surface area contributed by atoms with Crippen molar-refractivity contribution >= 4 is 0 Å². The summed E-state index contributed by atoms with van der Waals surface area (Å²) in [6.07, 6.45) is 11.1. The highest BCUT2D eigenvalue weighted by atomic mass is 14.8. The van der Waals surface area contributed by atoms with Gasteiger partial charge in [0.25, 0.3) is 0 Å². The molecule has 0 aromatic rings. The van der Waals surface area contributed by atoms with Crippen molar-refractivity contribution < 1.29 is 0 Å². The van der Waals surface area contributed by atoms with E-state index < -0.39 is 0 Å². The Morgan fingerprint density at radius 2 is 2.40 bits per heavy atom. The third-order valence-corrected chi connectivity index (χ3v) is 1.96. The van der Waals surface area contributed by atoms with Crippen LogP contribution in [0.5, 0.6) is 0 Å². The van der Waals surface area contributed by atoms with Crippen LogP contribution in [0.25, 0.3) is 0 Å². The van der Waals surface area contributed by atoms with E-state index in [1.54, 1.807) is 0 Å². The van der Waals surface area contributed by atoms with Crippen LogP contribution >= 0.6 is 0 Å². The molecule has 1 aliphatic carbocycles. The van der Waals surface area contributed by atoms with Gasteiger partial charge in [0.15, 0.2) is 0 Å². The van der Waals surface area contributed by atoms with E-state index in [9.17, 15) is 0 Å². The summed E-state index contributed by atoms with van der Waals surface area (Å²) >= 11 is 0. The first-order valence-electron chi connectivity index (χ1n) is 3.76. The molecule has 1 aliphatic heterocycles. The Kier molecular flexibility index (Phi) is 1.35. The average Bonchev–Trinajstić information content (AvgIpc) is 2.05. The first-order chi connectivity index (χ1) is 4.97. The second-order valence-corrected chi connectivity index (χ2v) is 2.67. The van der Waals surface area contributed by atoms with Gasteiger partial charge in [-0.15, -0.1) is 0 Å². The van der Waals surface area contributed by atoms with Crippen LogP contribution in [0.2, 0.25) is 0 Å².